The number of hydrogen-bond donors (Lipinski definition) is 1. The topological polar surface area (TPSA) is 50.7 Å². The van der Waals surface area contributed by atoms with E-state index in [2.05, 4.69) is 10.3 Å². The Labute approximate surface area is 192 Å². The van der Waals surface area contributed by atoms with Gasteiger partial charge in [-0.3, -0.25) is 4.79 Å². The summed E-state index contributed by atoms with van der Waals surface area (Å²) >= 11 is 13.4. The third kappa shape index (κ3) is 5.67. The van der Waals surface area contributed by atoms with E-state index in [1.54, 1.807) is 60.7 Å². The van der Waals surface area contributed by atoms with E-state index in [9.17, 15) is 9.18 Å². The van der Waals surface area contributed by atoms with Crippen molar-refractivity contribution >= 4 is 57.8 Å². The molecule has 156 valence electrons. The maximum absolute atomic E-state index is 13.3. The number of amides is 1. The van der Waals surface area contributed by atoms with Crippen LogP contribution in [0.15, 0.2) is 76.6 Å². The minimum Gasteiger partial charge on any atom is -0.487 e. The number of nitrogens with one attached hydrogen (secondary N) is 1. The van der Waals surface area contributed by atoms with Gasteiger partial charge in [-0.25, -0.2) is 9.38 Å². The molecule has 0 spiro atoms. The summed E-state index contributed by atoms with van der Waals surface area (Å²) in [6, 6.07) is 18.4. The molecule has 1 heterocycles. The Kier molecular flexibility index (Phi) is 6.61. The Morgan fingerprint density at radius 1 is 1.06 bits per heavy atom. The van der Waals surface area contributed by atoms with Gasteiger partial charge in [0.2, 0.25) is 0 Å². The number of carbonyl (C=O) groups is 1. The van der Waals surface area contributed by atoms with Crippen molar-refractivity contribution < 1.29 is 13.9 Å². The van der Waals surface area contributed by atoms with Gasteiger partial charge in [0.15, 0.2) is 5.17 Å². The standard InChI is InChI=1S/C23H15Cl2FN2O2S/c24-16-5-7-18(8-6-16)27-23-28-22(29)21(31-23)12-14-4-9-20(19(25)11-14)30-13-15-2-1-3-17(26)10-15/h1-12H,13H2,(H,27,28,29). The maximum atomic E-state index is 13.3. The largest absolute Gasteiger partial charge is 0.487 e. The fraction of sp³-hybridized carbons (Fsp3) is 0.0435. The van der Waals surface area contributed by atoms with Gasteiger partial charge in [0, 0.05) is 5.02 Å². The molecule has 0 saturated carbocycles. The van der Waals surface area contributed by atoms with Crippen molar-refractivity contribution in [3.05, 3.63) is 98.6 Å². The van der Waals surface area contributed by atoms with E-state index in [0.29, 0.717) is 37.1 Å². The van der Waals surface area contributed by atoms with Crippen LogP contribution in [0, 0.1) is 5.82 Å². The molecule has 1 amide bonds. The number of carbonyl (C=O) groups excluding carboxylic acids is 1. The average Bonchev–Trinajstić information content (AvgIpc) is 3.08. The highest BCUT2D eigenvalue weighted by Gasteiger charge is 2.23. The van der Waals surface area contributed by atoms with Crippen LogP contribution in [0.1, 0.15) is 11.1 Å². The lowest BCUT2D eigenvalue weighted by molar-refractivity contribution is -0.115. The monoisotopic (exact) mass is 472 g/mol. The van der Waals surface area contributed by atoms with Crippen LogP contribution in [0.5, 0.6) is 5.75 Å². The third-order valence-electron chi connectivity index (χ3n) is 4.25. The highest BCUT2D eigenvalue weighted by molar-refractivity contribution is 8.18. The molecule has 0 aliphatic carbocycles. The molecule has 0 unspecified atom stereocenters. The molecule has 1 aliphatic rings. The van der Waals surface area contributed by atoms with Gasteiger partial charge in [-0.1, -0.05) is 41.4 Å². The van der Waals surface area contributed by atoms with Crippen molar-refractivity contribution in [2.45, 2.75) is 6.61 Å². The number of ether oxygens (including phenoxy) is 1. The fourth-order valence-electron chi connectivity index (χ4n) is 2.78. The summed E-state index contributed by atoms with van der Waals surface area (Å²) in [6.07, 6.45) is 1.73. The summed E-state index contributed by atoms with van der Waals surface area (Å²) in [5.74, 6) is -0.0812. The Hall–Kier alpha value is -2.80. The number of rotatable bonds is 5. The van der Waals surface area contributed by atoms with Crippen molar-refractivity contribution in [2.24, 2.45) is 4.99 Å². The number of hydrogen-bond acceptors (Lipinski definition) is 4. The van der Waals surface area contributed by atoms with Crippen LogP contribution in [0.2, 0.25) is 10.0 Å². The summed E-state index contributed by atoms with van der Waals surface area (Å²) in [6.45, 7) is 0.195. The van der Waals surface area contributed by atoms with Crippen LogP contribution in [-0.4, -0.2) is 11.1 Å². The van der Waals surface area contributed by atoms with Crippen LogP contribution in [-0.2, 0) is 11.4 Å². The lowest BCUT2D eigenvalue weighted by Crippen LogP contribution is -2.19. The second kappa shape index (κ2) is 9.56. The zero-order valence-electron chi connectivity index (χ0n) is 15.9. The molecule has 4 nitrogen and oxygen atoms in total. The van der Waals surface area contributed by atoms with Gasteiger partial charge in [-0.2, -0.15) is 0 Å². The Bertz CT molecular complexity index is 1200. The van der Waals surface area contributed by atoms with Crippen LogP contribution in [0.25, 0.3) is 6.08 Å². The van der Waals surface area contributed by atoms with Gasteiger partial charge in [-0.05, 0) is 77.5 Å². The van der Waals surface area contributed by atoms with Crippen molar-refractivity contribution in [2.75, 3.05) is 0 Å². The second-order valence-electron chi connectivity index (χ2n) is 6.57. The molecule has 0 atom stereocenters. The lowest BCUT2D eigenvalue weighted by atomic mass is 10.2. The molecule has 4 rings (SSSR count). The first kappa shape index (κ1) is 21.4. The predicted octanol–water partition coefficient (Wildman–Crippen LogP) is 6.60. The normalized spacial score (nSPS) is 16.0. The van der Waals surface area contributed by atoms with Gasteiger partial charge in [0.1, 0.15) is 18.2 Å². The van der Waals surface area contributed by atoms with Gasteiger partial charge in [-0.15, -0.1) is 0 Å². The summed E-state index contributed by atoms with van der Waals surface area (Å²) in [5.41, 5.74) is 2.14. The molecule has 0 aromatic heterocycles. The molecule has 1 aliphatic heterocycles. The number of nitrogens with zero attached hydrogens (tertiary/aromatic N) is 1. The van der Waals surface area contributed by atoms with Crippen LogP contribution >= 0.6 is 35.0 Å². The first-order chi connectivity index (χ1) is 15.0. The first-order valence-corrected chi connectivity index (χ1v) is 10.8. The maximum Gasteiger partial charge on any atom is 0.264 e. The predicted molar refractivity (Wildman–Crippen MR) is 124 cm³/mol. The van der Waals surface area contributed by atoms with Gasteiger partial charge < -0.3 is 10.1 Å². The van der Waals surface area contributed by atoms with E-state index in [-0.39, 0.29) is 18.3 Å². The molecule has 1 fully saturated rings. The average molecular weight is 473 g/mol. The summed E-state index contributed by atoms with van der Waals surface area (Å²) in [7, 11) is 0. The zero-order valence-corrected chi connectivity index (χ0v) is 18.3. The smallest absolute Gasteiger partial charge is 0.264 e. The Morgan fingerprint density at radius 3 is 2.61 bits per heavy atom. The van der Waals surface area contributed by atoms with Crippen molar-refractivity contribution in [3.8, 4) is 5.75 Å². The van der Waals surface area contributed by atoms with Crippen LogP contribution < -0.4 is 10.1 Å². The van der Waals surface area contributed by atoms with E-state index in [4.69, 9.17) is 27.9 Å². The molecular weight excluding hydrogens is 458 g/mol. The number of thioether (sulfide) groups is 1. The van der Waals surface area contributed by atoms with Gasteiger partial charge in [0.25, 0.3) is 5.91 Å². The molecule has 1 saturated heterocycles. The fourth-order valence-corrected chi connectivity index (χ4v) is 3.99. The summed E-state index contributed by atoms with van der Waals surface area (Å²) in [4.78, 5) is 17.2. The molecule has 3 aromatic rings. The second-order valence-corrected chi connectivity index (χ2v) is 8.44. The quantitative estimate of drug-likeness (QED) is 0.425. The minimum atomic E-state index is -0.319. The number of aliphatic imine (C=N–C) groups is 1. The zero-order chi connectivity index (χ0) is 21.8. The van der Waals surface area contributed by atoms with Crippen LogP contribution in [0.3, 0.4) is 0 Å². The van der Waals surface area contributed by atoms with Crippen molar-refractivity contribution in [1.29, 1.82) is 0 Å². The van der Waals surface area contributed by atoms with E-state index >= 15 is 0 Å². The molecule has 0 bridgehead atoms. The summed E-state index contributed by atoms with van der Waals surface area (Å²) < 4.78 is 19.0. The summed E-state index contributed by atoms with van der Waals surface area (Å²) in [5, 5.41) is 4.24. The van der Waals surface area contributed by atoms with Crippen molar-refractivity contribution in [1.82, 2.24) is 5.32 Å². The van der Waals surface area contributed by atoms with Crippen LogP contribution in [0.4, 0.5) is 10.1 Å². The Balaban J connectivity index is 1.45. The highest BCUT2D eigenvalue weighted by Crippen LogP contribution is 2.31. The number of benzene rings is 3. The Morgan fingerprint density at radius 2 is 1.87 bits per heavy atom. The highest BCUT2D eigenvalue weighted by atomic mass is 35.5. The number of amidine groups is 1. The van der Waals surface area contributed by atoms with Gasteiger partial charge >= 0.3 is 0 Å². The van der Waals surface area contributed by atoms with E-state index in [0.717, 1.165) is 5.56 Å². The third-order valence-corrected chi connectivity index (χ3v) is 5.70. The number of halogens is 3. The molecule has 3 aromatic carbocycles. The lowest BCUT2D eigenvalue weighted by Gasteiger charge is -2.09. The molecule has 31 heavy (non-hydrogen) atoms. The van der Waals surface area contributed by atoms with E-state index in [1.807, 2.05) is 0 Å². The molecule has 0 radical (unpaired) electrons. The van der Waals surface area contributed by atoms with E-state index in [1.165, 1.54) is 23.9 Å². The first-order valence-electron chi connectivity index (χ1n) is 9.18. The van der Waals surface area contributed by atoms with E-state index < -0.39 is 0 Å². The molecular formula is C23H15Cl2FN2O2S. The molecule has 8 heteroatoms. The van der Waals surface area contributed by atoms with Crippen molar-refractivity contribution in [3.63, 3.8) is 0 Å². The van der Waals surface area contributed by atoms with Gasteiger partial charge in [0.05, 0.1) is 15.6 Å². The minimum absolute atomic E-state index is 0.195. The SMILES string of the molecule is O=C1NC(=Nc2ccc(Cl)cc2)SC1=Cc1ccc(OCc2cccc(F)c2)c(Cl)c1. The molecule has 1 N–H and O–H groups in total.